The Bertz CT molecular complexity index is 937. The van der Waals surface area contributed by atoms with Gasteiger partial charge in [0.2, 0.25) is 5.91 Å². The van der Waals surface area contributed by atoms with Crippen LogP contribution in [-0.2, 0) is 20.7 Å². The van der Waals surface area contributed by atoms with Gasteiger partial charge < -0.3 is 9.64 Å². The molecule has 138 valence electrons. The molecule has 2 heterocycles. The number of fused-ring (bicyclic) bond motifs is 1. The maximum absolute atomic E-state index is 12.7. The van der Waals surface area contributed by atoms with Gasteiger partial charge in [-0.15, -0.1) is 0 Å². The molecule has 1 aliphatic heterocycles. The summed E-state index contributed by atoms with van der Waals surface area (Å²) in [5.41, 5.74) is 2.48. The summed E-state index contributed by atoms with van der Waals surface area (Å²) in [6.07, 6.45) is 0.890. The van der Waals surface area contributed by atoms with Crippen LogP contribution in [0.15, 0.2) is 54.6 Å². The highest BCUT2D eigenvalue weighted by Crippen LogP contribution is 2.31. The lowest BCUT2D eigenvalue weighted by Crippen LogP contribution is -2.47. The fourth-order valence-corrected chi connectivity index (χ4v) is 3.57. The molecule has 0 saturated carbocycles. The molecule has 1 saturated heterocycles. The number of carbonyl (C=O) groups excluding carboxylic acids is 2. The van der Waals surface area contributed by atoms with Gasteiger partial charge in [0.1, 0.15) is 23.2 Å². The second-order valence-corrected chi connectivity index (χ2v) is 6.56. The summed E-state index contributed by atoms with van der Waals surface area (Å²) in [7, 11) is 1.34. The Balaban J connectivity index is 1.69. The van der Waals surface area contributed by atoms with Gasteiger partial charge in [-0.25, -0.2) is 4.79 Å². The summed E-state index contributed by atoms with van der Waals surface area (Å²) in [6, 6.07) is 16.4. The van der Waals surface area contributed by atoms with Gasteiger partial charge in [0.15, 0.2) is 0 Å². The molecule has 0 spiro atoms. The minimum absolute atomic E-state index is 0.0901. The summed E-state index contributed by atoms with van der Waals surface area (Å²) in [5, 5.41) is 9.03. The van der Waals surface area contributed by atoms with E-state index in [-0.39, 0.29) is 5.91 Å². The number of nitrogens with zero attached hydrogens (tertiary/aromatic N) is 4. The molecule has 7 nitrogen and oxygen atoms in total. The predicted octanol–water partition coefficient (Wildman–Crippen LogP) is 2.34. The average Bonchev–Trinajstić information content (AvgIpc) is 3.29. The van der Waals surface area contributed by atoms with E-state index < -0.39 is 18.2 Å². The number of likely N-dealkylation sites (tertiary alicyclic amines) is 1. The average molecular weight is 364 g/mol. The standard InChI is InChI=1S/C20H20N4O3/c1-27-20(26)17(13-14-7-3-2-4-8-14)23-18(11-12-19(23)25)24-21-15-9-5-6-10-16(15)22-24/h2-10,17-18H,11-13H2,1H3/t17-,18?/m0/s1. The molecule has 2 aromatic carbocycles. The molecule has 1 fully saturated rings. The van der Waals surface area contributed by atoms with Crippen molar-refractivity contribution in [2.45, 2.75) is 31.5 Å². The zero-order chi connectivity index (χ0) is 18.8. The van der Waals surface area contributed by atoms with Crippen molar-refractivity contribution >= 4 is 22.9 Å². The third-order valence-corrected chi connectivity index (χ3v) is 4.88. The molecule has 1 unspecified atom stereocenters. The van der Waals surface area contributed by atoms with Crippen LogP contribution in [0, 0.1) is 0 Å². The van der Waals surface area contributed by atoms with Crippen LogP contribution >= 0.6 is 0 Å². The third kappa shape index (κ3) is 3.28. The molecule has 1 aromatic heterocycles. The summed E-state index contributed by atoms with van der Waals surface area (Å²) in [4.78, 5) is 28.3. The topological polar surface area (TPSA) is 77.3 Å². The molecule has 1 amide bonds. The van der Waals surface area contributed by atoms with E-state index in [0.717, 1.165) is 16.6 Å². The Morgan fingerprint density at radius 2 is 1.74 bits per heavy atom. The lowest BCUT2D eigenvalue weighted by atomic mass is 10.0. The van der Waals surface area contributed by atoms with Crippen LogP contribution in [0.1, 0.15) is 24.6 Å². The first-order chi connectivity index (χ1) is 13.2. The van der Waals surface area contributed by atoms with Crippen LogP contribution in [0.25, 0.3) is 11.0 Å². The second-order valence-electron chi connectivity index (χ2n) is 6.56. The largest absolute Gasteiger partial charge is 0.467 e. The molecule has 0 aliphatic carbocycles. The van der Waals surface area contributed by atoms with E-state index in [1.54, 1.807) is 9.70 Å². The summed E-state index contributed by atoms with van der Waals surface area (Å²) in [6.45, 7) is 0. The Morgan fingerprint density at radius 3 is 2.37 bits per heavy atom. The highest BCUT2D eigenvalue weighted by atomic mass is 16.5. The van der Waals surface area contributed by atoms with Gasteiger partial charge in [-0.1, -0.05) is 42.5 Å². The smallest absolute Gasteiger partial charge is 0.329 e. The molecule has 0 bridgehead atoms. The van der Waals surface area contributed by atoms with Crippen molar-refractivity contribution < 1.29 is 14.3 Å². The van der Waals surface area contributed by atoms with E-state index >= 15 is 0 Å². The Morgan fingerprint density at radius 1 is 1.11 bits per heavy atom. The number of benzene rings is 2. The van der Waals surface area contributed by atoms with Gasteiger partial charge in [-0.3, -0.25) is 4.79 Å². The zero-order valence-corrected chi connectivity index (χ0v) is 15.0. The molecular formula is C20H20N4O3. The Hall–Kier alpha value is -3.22. The van der Waals surface area contributed by atoms with Crippen molar-refractivity contribution in [2.24, 2.45) is 0 Å². The predicted molar refractivity (Wildman–Crippen MR) is 98.6 cm³/mol. The molecule has 4 rings (SSSR count). The van der Waals surface area contributed by atoms with Gasteiger partial charge in [-0.2, -0.15) is 15.0 Å². The minimum atomic E-state index is -0.716. The normalized spacial score (nSPS) is 18.0. The van der Waals surface area contributed by atoms with Crippen LogP contribution in [-0.4, -0.2) is 44.9 Å². The lowest BCUT2D eigenvalue weighted by molar-refractivity contribution is -0.154. The van der Waals surface area contributed by atoms with Crippen molar-refractivity contribution in [3.8, 4) is 0 Å². The molecule has 1 aliphatic rings. The van der Waals surface area contributed by atoms with Crippen LogP contribution in [0.5, 0.6) is 0 Å². The van der Waals surface area contributed by atoms with Gasteiger partial charge >= 0.3 is 5.97 Å². The molecule has 0 N–H and O–H groups in total. The first kappa shape index (κ1) is 17.2. The van der Waals surface area contributed by atoms with Crippen LogP contribution in [0.2, 0.25) is 0 Å². The number of amides is 1. The highest BCUT2D eigenvalue weighted by Gasteiger charge is 2.42. The maximum Gasteiger partial charge on any atom is 0.329 e. The van der Waals surface area contributed by atoms with Gasteiger partial charge in [0.25, 0.3) is 0 Å². The highest BCUT2D eigenvalue weighted by molar-refractivity contribution is 5.86. The SMILES string of the molecule is COC(=O)[C@H](Cc1ccccc1)N1C(=O)CCC1n1nc2ccccc2n1. The molecule has 27 heavy (non-hydrogen) atoms. The number of carbonyl (C=O) groups is 2. The zero-order valence-electron chi connectivity index (χ0n) is 15.0. The minimum Gasteiger partial charge on any atom is -0.467 e. The van der Waals surface area contributed by atoms with Crippen molar-refractivity contribution in [1.82, 2.24) is 19.9 Å². The molecule has 0 radical (unpaired) electrons. The number of aromatic nitrogens is 3. The van der Waals surface area contributed by atoms with Crippen molar-refractivity contribution in [3.05, 3.63) is 60.2 Å². The number of rotatable bonds is 5. The molecular weight excluding hydrogens is 344 g/mol. The third-order valence-electron chi connectivity index (χ3n) is 4.88. The molecule has 7 heteroatoms. The quantitative estimate of drug-likeness (QED) is 0.650. The number of hydrogen-bond acceptors (Lipinski definition) is 5. The van der Waals surface area contributed by atoms with Gasteiger partial charge in [-0.05, 0) is 24.1 Å². The van der Waals surface area contributed by atoms with Gasteiger partial charge in [0, 0.05) is 12.8 Å². The van der Waals surface area contributed by atoms with E-state index in [1.165, 1.54) is 7.11 Å². The van der Waals surface area contributed by atoms with Crippen LogP contribution < -0.4 is 0 Å². The molecule has 2 atom stereocenters. The number of esters is 1. The second kappa shape index (κ2) is 7.19. The fourth-order valence-electron chi connectivity index (χ4n) is 3.57. The van der Waals surface area contributed by atoms with E-state index in [1.807, 2.05) is 54.6 Å². The van der Waals surface area contributed by atoms with E-state index in [9.17, 15) is 9.59 Å². The monoisotopic (exact) mass is 364 g/mol. The van der Waals surface area contributed by atoms with E-state index in [2.05, 4.69) is 10.2 Å². The first-order valence-electron chi connectivity index (χ1n) is 8.92. The van der Waals surface area contributed by atoms with E-state index in [4.69, 9.17) is 4.74 Å². The van der Waals surface area contributed by atoms with Crippen LogP contribution in [0.3, 0.4) is 0 Å². The van der Waals surface area contributed by atoms with E-state index in [0.29, 0.717) is 19.3 Å². The van der Waals surface area contributed by atoms with Crippen molar-refractivity contribution in [2.75, 3.05) is 7.11 Å². The summed E-state index contributed by atoms with van der Waals surface area (Å²) in [5.74, 6) is -0.525. The Kier molecular flexibility index (Phi) is 4.58. The number of methoxy groups -OCH3 is 1. The summed E-state index contributed by atoms with van der Waals surface area (Å²) < 4.78 is 5.01. The fraction of sp³-hybridized carbons (Fsp3) is 0.300. The molecule has 3 aromatic rings. The Labute approximate surface area is 156 Å². The van der Waals surface area contributed by atoms with Gasteiger partial charge in [0.05, 0.1) is 7.11 Å². The first-order valence-corrected chi connectivity index (χ1v) is 8.92. The number of ether oxygens (including phenoxy) is 1. The maximum atomic E-state index is 12.7. The number of hydrogen-bond donors (Lipinski definition) is 0. The van der Waals surface area contributed by atoms with Crippen molar-refractivity contribution in [1.29, 1.82) is 0 Å². The summed E-state index contributed by atoms with van der Waals surface area (Å²) >= 11 is 0. The van der Waals surface area contributed by atoms with Crippen molar-refractivity contribution in [3.63, 3.8) is 0 Å². The lowest BCUT2D eigenvalue weighted by Gasteiger charge is -2.30. The van der Waals surface area contributed by atoms with Crippen LogP contribution in [0.4, 0.5) is 0 Å².